The summed E-state index contributed by atoms with van der Waals surface area (Å²) in [6, 6.07) is 7.29. The molecule has 1 aromatic carbocycles. The number of hydrogen-bond donors (Lipinski definition) is 2. The summed E-state index contributed by atoms with van der Waals surface area (Å²) < 4.78 is 22.1. The molecule has 6 heteroatoms. The summed E-state index contributed by atoms with van der Waals surface area (Å²) in [6.07, 6.45) is 0. The van der Waals surface area contributed by atoms with Gasteiger partial charge in [-0.05, 0) is 12.1 Å². The molecule has 0 aliphatic heterocycles. The van der Waals surface area contributed by atoms with Gasteiger partial charge in [0.1, 0.15) is 11.0 Å². The van der Waals surface area contributed by atoms with Crippen LogP contribution in [0.4, 0.5) is 0 Å². The smallest absolute Gasteiger partial charge is 0.263 e. The number of sulfonamides is 1. The summed E-state index contributed by atoms with van der Waals surface area (Å²) in [5, 5.41) is 16.9. The molecule has 0 atom stereocenters. The number of rotatable bonds is 2. The van der Waals surface area contributed by atoms with Gasteiger partial charge >= 0.3 is 0 Å². The van der Waals surface area contributed by atoms with Gasteiger partial charge < -0.3 is 5.21 Å². The fourth-order valence-electron chi connectivity index (χ4n) is 0.843. The Labute approximate surface area is 75.2 Å². The van der Waals surface area contributed by atoms with Crippen LogP contribution in [-0.4, -0.2) is 13.6 Å². The van der Waals surface area contributed by atoms with Crippen molar-refractivity contribution in [2.24, 2.45) is 0 Å². The number of nitriles is 1. The maximum atomic E-state index is 11.1. The van der Waals surface area contributed by atoms with Crippen molar-refractivity contribution in [1.82, 2.24) is 4.89 Å². The molecular weight excluding hydrogens is 192 g/mol. The maximum absolute atomic E-state index is 11.1. The highest BCUT2D eigenvalue weighted by Gasteiger charge is 2.16. The van der Waals surface area contributed by atoms with E-state index in [9.17, 15) is 8.42 Å². The molecule has 0 bridgehead atoms. The summed E-state index contributed by atoms with van der Waals surface area (Å²) in [7, 11) is -3.96. The lowest BCUT2D eigenvalue weighted by molar-refractivity contribution is 0.242. The molecule has 0 saturated carbocycles. The average molecular weight is 198 g/mol. The van der Waals surface area contributed by atoms with Crippen molar-refractivity contribution in [3.05, 3.63) is 29.8 Å². The SMILES string of the molecule is N#Cc1ccccc1S(=O)(=O)NO. The van der Waals surface area contributed by atoms with Crippen molar-refractivity contribution in [2.75, 3.05) is 0 Å². The Morgan fingerprint density at radius 2 is 2.00 bits per heavy atom. The normalized spacial score (nSPS) is 10.8. The van der Waals surface area contributed by atoms with Gasteiger partial charge in [0.2, 0.25) is 0 Å². The largest absolute Gasteiger partial charge is 0.302 e. The Balaban J connectivity index is 3.40. The van der Waals surface area contributed by atoms with E-state index >= 15 is 0 Å². The molecule has 0 heterocycles. The molecule has 68 valence electrons. The number of nitrogens with zero attached hydrogens (tertiary/aromatic N) is 1. The van der Waals surface area contributed by atoms with E-state index in [1.54, 1.807) is 6.07 Å². The molecule has 0 aliphatic rings. The van der Waals surface area contributed by atoms with Crippen LogP contribution in [-0.2, 0) is 10.0 Å². The van der Waals surface area contributed by atoms with Crippen molar-refractivity contribution >= 4 is 10.0 Å². The first-order valence-corrected chi connectivity index (χ1v) is 4.75. The van der Waals surface area contributed by atoms with Crippen LogP contribution in [0, 0.1) is 11.3 Å². The predicted molar refractivity (Wildman–Crippen MR) is 43.3 cm³/mol. The van der Waals surface area contributed by atoms with Crippen molar-refractivity contribution in [3.8, 4) is 6.07 Å². The highest BCUT2D eigenvalue weighted by Crippen LogP contribution is 2.12. The Morgan fingerprint density at radius 1 is 1.38 bits per heavy atom. The molecule has 0 amide bonds. The summed E-state index contributed by atoms with van der Waals surface area (Å²) in [5.74, 6) is 0. The first kappa shape index (κ1) is 9.67. The molecular formula is C7H6N2O3S. The van der Waals surface area contributed by atoms with E-state index in [0.717, 1.165) is 4.89 Å². The lowest BCUT2D eigenvalue weighted by Gasteiger charge is -2.01. The lowest BCUT2D eigenvalue weighted by Crippen LogP contribution is -2.20. The molecule has 0 aliphatic carbocycles. The van der Waals surface area contributed by atoms with Gasteiger partial charge in [0.25, 0.3) is 10.0 Å². The van der Waals surface area contributed by atoms with Crippen LogP contribution in [0.15, 0.2) is 29.2 Å². The van der Waals surface area contributed by atoms with Crippen LogP contribution in [0.25, 0.3) is 0 Å². The number of hydrogen-bond acceptors (Lipinski definition) is 4. The minimum atomic E-state index is -3.96. The minimum absolute atomic E-state index is 0.0101. The molecule has 5 nitrogen and oxygen atoms in total. The summed E-state index contributed by atoms with van der Waals surface area (Å²) in [4.78, 5) is 0.917. The van der Waals surface area contributed by atoms with E-state index in [0.29, 0.717) is 0 Å². The van der Waals surface area contributed by atoms with E-state index in [1.165, 1.54) is 24.3 Å². The summed E-state index contributed by atoms with van der Waals surface area (Å²) in [5.41, 5.74) is -0.0101. The van der Waals surface area contributed by atoms with E-state index in [2.05, 4.69) is 0 Å². The van der Waals surface area contributed by atoms with Gasteiger partial charge in [0.15, 0.2) is 0 Å². The molecule has 0 fully saturated rings. The van der Waals surface area contributed by atoms with Crippen molar-refractivity contribution in [3.63, 3.8) is 0 Å². The molecule has 0 unspecified atom stereocenters. The molecule has 1 aromatic rings. The van der Waals surface area contributed by atoms with Gasteiger partial charge in [-0.15, -0.1) is 0 Å². The minimum Gasteiger partial charge on any atom is -0.302 e. The van der Waals surface area contributed by atoms with Gasteiger partial charge in [-0.3, -0.25) is 0 Å². The Bertz CT molecular complexity index is 447. The topological polar surface area (TPSA) is 90.2 Å². The predicted octanol–water partition coefficient (Wildman–Crippen LogP) is 0.226. The van der Waals surface area contributed by atoms with Gasteiger partial charge in [0, 0.05) is 0 Å². The summed E-state index contributed by atoms with van der Waals surface area (Å²) in [6.45, 7) is 0. The van der Waals surface area contributed by atoms with Crippen LogP contribution in [0.1, 0.15) is 5.56 Å². The second-order valence-corrected chi connectivity index (χ2v) is 3.83. The van der Waals surface area contributed by atoms with Crippen LogP contribution in [0.3, 0.4) is 0 Å². The van der Waals surface area contributed by atoms with Crippen LogP contribution in [0.5, 0.6) is 0 Å². The van der Waals surface area contributed by atoms with Gasteiger partial charge in [-0.2, -0.15) is 5.26 Å². The second kappa shape index (κ2) is 3.53. The fourth-order valence-corrected chi connectivity index (χ4v) is 1.60. The fraction of sp³-hybridized carbons (Fsp3) is 0. The standard InChI is InChI=1S/C7H6N2O3S/c8-5-6-3-1-2-4-7(6)13(11,12)9-10/h1-4,9-10H. The monoisotopic (exact) mass is 198 g/mol. The zero-order chi connectivity index (χ0) is 9.90. The third kappa shape index (κ3) is 1.84. The Hall–Kier alpha value is -1.42. The highest BCUT2D eigenvalue weighted by atomic mass is 32.2. The van der Waals surface area contributed by atoms with Crippen molar-refractivity contribution in [1.29, 1.82) is 5.26 Å². The van der Waals surface area contributed by atoms with Crippen LogP contribution in [0.2, 0.25) is 0 Å². The number of benzene rings is 1. The molecule has 0 spiro atoms. The van der Waals surface area contributed by atoms with Crippen molar-refractivity contribution in [2.45, 2.75) is 4.90 Å². The molecule has 2 N–H and O–H groups in total. The molecule has 1 rings (SSSR count). The maximum Gasteiger partial charge on any atom is 0.263 e. The second-order valence-electron chi connectivity index (χ2n) is 2.20. The number of nitrogens with one attached hydrogen (secondary N) is 1. The van der Waals surface area contributed by atoms with E-state index in [4.69, 9.17) is 10.5 Å². The first-order chi connectivity index (χ1) is 6.11. The highest BCUT2D eigenvalue weighted by molar-refractivity contribution is 7.89. The Kier molecular flexibility index (Phi) is 2.63. The van der Waals surface area contributed by atoms with E-state index in [-0.39, 0.29) is 10.5 Å². The van der Waals surface area contributed by atoms with Gasteiger partial charge in [0.05, 0.1) is 5.56 Å². The first-order valence-electron chi connectivity index (χ1n) is 3.27. The van der Waals surface area contributed by atoms with Gasteiger partial charge in [-0.1, -0.05) is 17.0 Å². The quantitative estimate of drug-likeness (QED) is 0.665. The molecule has 0 radical (unpaired) electrons. The average Bonchev–Trinajstić information content (AvgIpc) is 2.18. The van der Waals surface area contributed by atoms with Crippen LogP contribution < -0.4 is 4.89 Å². The third-order valence-corrected chi connectivity index (χ3v) is 2.59. The van der Waals surface area contributed by atoms with E-state index < -0.39 is 10.0 Å². The van der Waals surface area contributed by atoms with E-state index in [1.807, 2.05) is 0 Å². The Morgan fingerprint density at radius 3 is 2.54 bits per heavy atom. The molecule has 13 heavy (non-hydrogen) atoms. The van der Waals surface area contributed by atoms with Crippen molar-refractivity contribution < 1.29 is 13.6 Å². The third-order valence-electron chi connectivity index (χ3n) is 1.42. The summed E-state index contributed by atoms with van der Waals surface area (Å²) >= 11 is 0. The molecule has 0 aromatic heterocycles. The zero-order valence-corrected chi connectivity index (χ0v) is 7.25. The zero-order valence-electron chi connectivity index (χ0n) is 6.43. The lowest BCUT2D eigenvalue weighted by atomic mass is 10.2. The molecule has 0 saturated heterocycles. The van der Waals surface area contributed by atoms with Crippen LogP contribution >= 0.6 is 0 Å². The van der Waals surface area contributed by atoms with Gasteiger partial charge in [-0.25, -0.2) is 8.42 Å².